The fourth-order valence-electron chi connectivity index (χ4n) is 0.681. The Kier molecular flexibility index (Phi) is 6.65. The zero-order valence-corrected chi connectivity index (χ0v) is 7.24. The number of hydrogen-bond donors (Lipinski definition) is 5. The molecular weight excluding hydrogens is 176 g/mol. The highest BCUT2D eigenvalue weighted by atomic mass is 16.4. The molecule has 0 aromatic heterocycles. The predicted molar refractivity (Wildman–Crippen MR) is 47.5 cm³/mol. The number of hydrogen-bond acceptors (Lipinski definition) is 6. The molecule has 6 heteroatoms. The summed E-state index contributed by atoms with van der Waals surface area (Å²) in [7, 11) is 0. The van der Waals surface area contributed by atoms with Gasteiger partial charge in [-0.05, 0) is 0 Å². The zero-order valence-electron chi connectivity index (χ0n) is 7.24. The summed E-state index contributed by atoms with van der Waals surface area (Å²) in [6.45, 7) is 0.0871. The molecule has 3 atom stereocenters. The van der Waals surface area contributed by atoms with E-state index < -0.39 is 24.9 Å². The lowest BCUT2D eigenvalue weighted by Crippen LogP contribution is -2.40. The Labute approximate surface area is 76.3 Å². The van der Waals surface area contributed by atoms with Crippen molar-refractivity contribution in [3.8, 4) is 0 Å². The third kappa shape index (κ3) is 4.91. The van der Waals surface area contributed by atoms with Crippen molar-refractivity contribution < 1.29 is 20.4 Å². The highest BCUT2D eigenvalue weighted by molar-refractivity contribution is 5.63. The molecule has 3 unspecified atom stereocenters. The fourth-order valence-corrected chi connectivity index (χ4v) is 0.681. The van der Waals surface area contributed by atoms with E-state index in [4.69, 9.17) is 26.2 Å². The van der Waals surface area contributed by atoms with Crippen molar-refractivity contribution >= 4 is 6.21 Å². The van der Waals surface area contributed by atoms with Crippen molar-refractivity contribution in [1.82, 2.24) is 0 Å². The van der Waals surface area contributed by atoms with E-state index in [1.807, 2.05) is 0 Å². The quantitative estimate of drug-likeness (QED) is 0.289. The summed E-state index contributed by atoms with van der Waals surface area (Å²) >= 11 is 0. The summed E-state index contributed by atoms with van der Waals surface area (Å²) in [5.74, 6) is 0. The van der Waals surface area contributed by atoms with Gasteiger partial charge in [-0.3, -0.25) is 4.99 Å². The largest absolute Gasteiger partial charge is 0.394 e. The van der Waals surface area contributed by atoms with Crippen molar-refractivity contribution in [3.63, 3.8) is 0 Å². The lowest BCUT2D eigenvalue weighted by molar-refractivity contribution is -0.0541. The molecule has 0 aromatic rings. The van der Waals surface area contributed by atoms with Crippen LogP contribution in [-0.2, 0) is 0 Å². The minimum atomic E-state index is -1.42. The molecule has 13 heavy (non-hydrogen) atoms. The molecule has 0 saturated carbocycles. The lowest BCUT2D eigenvalue weighted by atomic mass is 10.1. The first-order valence-corrected chi connectivity index (χ1v) is 3.98. The summed E-state index contributed by atoms with van der Waals surface area (Å²) < 4.78 is 0. The topological polar surface area (TPSA) is 119 Å². The lowest BCUT2D eigenvalue weighted by Gasteiger charge is -2.18. The van der Waals surface area contributed by atoms with E-state index in [2.05, 4.69) is 4.99 Å². The minimum absolute atomic E-state index is 0.346. The number of aliphatic hydroxyl groups is 4. The Balaban J connectivity index is 3.87. The van der Waals surface area contributed by atoms with Gasteiger partial charge in [0, 0.05) is 12.8 Å². The maximum absolute atomic E-state index is 9.13. The first kappa shape index (κ1) is 12.5. The Morgan fingerprint density at radius 2 is 1.92 bits per heavy atom. The van der Waals surface area contributed by atoms with Crippen molar-refractivity contribution in [2.75, 3.05) is 19.7 Å². The van der Waals surface area contributed by atoms with Gasteiger partial charge in [-0.25, -0.2) is 0 Å². The number of nitrogens with two attached hydrogens (primary N) is 1. The number of aliphatic hydroxyl groups excluding tert-OH is 4. The van der Waals surface area contributed by atoms with Crippen LogP contribution in [0.2, 0.25) is 0 Å². The number of rotatable bonds is 6. The monoisotopic (exact) mass is 192 g/mol. The molecule has 6 N–H and O–H groups in total. The molecule has 0 aliphatic rings. The van der Waals surface area contributed by atoms with Gasteiger partial charge in [0.1, 0.15) is 18.3 Å². The molecule has 0 spiro atoms. The average molecular weight is 192 g/mol. The van der Waals surface area contributed by atoms with E-state index in [0.29, 0.717) is 13.1 Å². The van der Waals surface area contributed by atoms with E-state index in [1.165, 1.54) is 0 Å². The summed E-state index contributed by atoms with van der Waals surface area (Å²) in [5, 5.41) is 35.6. The predicted octanol–water partition coefficient (Wildman–Crippen LogP) is -2.91. The molecule has 0 aliphatic heterocycles. The molecule has 0 rings (SSSR count). The standard InChI is InChI=1S/C7H16N2O4/c8-1-2-9-3-5(11)7(13)6(12)4-10/h3,5-7,10-13H,1-2,4,8H2. The summed E-state index contributed by atoms with van der Waals surface area (Å²) in [6, 6.07) is 0. The van der Waals surface area contributed by atoms with Crippen LogP contribution in [0.15, 0.2) is 4.99 Å². The zero-order chi connectivity index (χ0) is 10.3. The maximum atomic E-state index is 9.13. The molecule has 78 valence electrons. The van der Waals surface area contributed by atoms with Crippen LogP contribution in [0.1, 0.15) is 0 Å². The third-order valence-electron chi connectivity index (χ3n) is 1.45. The SMILES string of the molecule is NCCN=CC(O)C(O)C(O)CO. The normalized spacial score (nSPS) is 18.8. The highest BCUT2D eigenvalue weighted by Crippen LogP contribution is 1.97. The van der Waals surface area contributed by atoms with E-state index in [1.54, 1.807) is 0 Å². The van der Waals surface area contributed by atoms with Gasteiger partial charge >= 0.3 is 0 Å². The van der Waals surface area contributed by atoms with Crippen molar-refractivity contribution in [2.24, 2.45) is 10.7 Å². The second kappa shape index (κ2) is 6.93. The maximum Gasteiger partial charge on any atom is 0.117 e. The first-order valence-electron chi connectivity index (χ1n) is 3.98. The first-order chi connectivity index (χ1) is 6.13. The van der Waals surface area contributed by atoms with Crippen LogP contribution in [0, 0.1) is 0 Å². The third-order valence-corrected chi connectivity index (χ3v) is 1.45. The molecule has 0 saturated heterocycles. The van der Waals surface area contributed by atoms with Gasteiger partial charge in [0.15, 0.2) is 0 Å². The number of nitrogens with zero attached hydrogens (tertiary/aromatic N) is 1. The van der Waals surface area contributed by atoms with Gasteiger partial charge in [0.25, 0.3) is 0 Å². The van der Waals surface area contributed by atoms with E-state index >= 15 is 0 Å². The molecule has 0 aromatic carbocycles. The molecule has 0 heterocycles. The Hall–Kier alpha value is -0.530. The molecule has 0 amide bonds. The summed E-state index contributed by atoms with van der Waals surface area (Å²) in [6.07, 6.45) is -2.98. The van der Waals surface area contributed by atoms with Crippen molar-refractivity contribution in [1.29, 1.82) is 0 Å². The van der Waals surface area contributed by atoms with Gasteiger partial charge in [0.2, 0.25) is 0 Å². The number of aliphatic imine (C=N–C) groups is 1. The van der Waals surface area contributed by atoms with E-state index in [-0.39, 0.29) is 0 Å². The van der Waals surface area contributed by atoms with Crippen LogP contribution in [-0.4, -0.2) is 64.6 Å². The van der Waals surface area contributed by atoms with Gasteiger partial charge in [-0.1, -0.05) is 0 Å². The second-order valence-corrected chi connectivity index (χ2v) is 2.58. The Morgan fingerprint density at radius 1 is 1.31 bits per heavy atom. The highest BCUT2D eigenvalue weighted by Gasteiger charge is 2.22. The smallest absolute Gasteiger partial charge is 0.117 e. The van der Waals surface area contributed by atoms with Crippen LogP contribution in [0.25, 0.3) is 0 Å². The average Bonchev–Trinajstić information content (AvgIpc) is 2.15. The second-order valence-electron chi connectivity index (χ2n) is 2.58. The Morgan fingerprint density at radius 3 is 2.38 bits per heavy atom. The van der Waals surface area contributed by atoms with Crippen LogP contribution in [0.3, 0.4) is 0 Å². The van der Waals surface area contributed by atoms with Gasteiger partial charge in [0.05, 0.1) is 13.2 Å². The molecule has 0 fully saturated rings. The van der Waals surface area contributed by atoms with Crippen molar-refractivity contribution in [3.05, 3.63) is 0 Å². The van der Waals surface area contributed by atoms with Crippen LogP contribution < -0.4 is 5.73 Å². The molecule has 6 nitrogen and oxygen atoms in total. The van der Waals surface area contributed by atoms with Crippen molar-refractivity contribution in [2.45, 2.75) is 18.3 Å². The molecule has 0 radical (unpaired) electrons. The van der Waals surface area contributed by atoms with Gasteiger partial charge in [-0.2, -0.15) is 0 Å². The van der Waals surface area contributed by atoms with Crippen LogP contribution >= 0.6 is 0 Å². The van der Waals surface area contributed by atoms with E-state index in [0.717, 1.165) is 6.21 Å². The minimum Gasteiger partial charge on any atom is -0.394 e. The molecule has 0 aliphatic carbocycles. The summed E-state index contributed by atoms with van der Waals surface area (Å²) in [5.41, 5.74) is 5.13. The van der Waals surface area contributed by atoms with Crippen LogP contribution in [0.5, 0.6) is 0 Å². The summed E-state index contributed by atoms with van der Waals surface area (Å²) in [4.78, 5) is 3.67. The molecular formula is C7H16N2O4. The van der Waals surface area contributed by atoms with E-state index in [9.17, 15) is 0 Å². The van der Waals surface area contributed by atoms with Crippen LogP contribution in [0.4, 0.5) is 0 Å². The van der Waals surface area contributed by atoms with Gasteiger partial charge < -0.3 is 26.2 Å². The van der Waals surface area contributed by atoms with Gasteiger partial charge in [-0.15, -0.1) is 0 Å². The molecule has 0 bridgehead atoms. The fraction of sp³-hybridized carbons (Fsp3) is 0.857. The Bertz CT molecular complexity index is 153.